The highest BCUT2D eigenvalue weighted by Gasteiger charge is 2.05. The molecular weight excluding hydrogens is 274 g/mol. The molecule has 3 nitrogen and oxygen atoms in total. The third-order valence-corrected chi connectivity index (χ3v) is 3.56. The lowest BCUT2D eigenvalue weighted by molar-refractivity contribution is -0.115. The van der Waals surface area contributed by atoms with Gasteiger partial charge in [-0.05, 0) is 36.1 Å². The molecule has 2 aromatic carbocycles. The van der Waals surface area contributed by atoms with Crippen LogP contribution >= 0.6 is 0 Å². The number of rotatable bonds is 7. The van der Waals surface area contributed by atoms with Gasteiger partial charge in [-0.2, -0.15) is 0 Å². The van der Waals surface area contributed by atoms with Gasteiger partial charge in [0.2, 0.25) is 5.91 Å². The first kappa shape index (κ1) is 16.1. The number of unbranched alkanes of at least 4 members (excludes halogenated alkanes) is 1. The van der Waals surface area contributed by atoms with Gasteiger partial charge in [0.15, 0.2) is 0 Å². The van der Waals surface area contributed by atoms with E-state index in [4.69, 9.17) is 4.74 Å². The van der Waals surface area contributed by atoms with Crippen LogP contribution in [-0.4, -0.2) is 13.0 Å². The van der Waals surface area contributed by atoms with Crippen LogP contribution in [0.3, 0.4) is 0 Å². The first-order chi connectivity index (χ1) is 10.7. The van der Waals surface area contributed by atoms with Crippen LogP contribution in [0.15, 0.2) is 48.5 Å². The predicted octanol–water partition coefficient (Wildman–Crippen LogP) is 4.22. The fraction of sp³-hybridized carbons (Fsp3) is 0.316. The van der Waals surface area contributed by atoms with Crippen molar-refractivity contribution in [1.29, 1.82) is 0 Å². The number of benzene rings is 2. The molecule has 0 aromatic heterocycles. The monoisotopic (exact) mass is 297 g/mol. The van der Waals surface area contributed by atoms with Crippen LogP contribution in [0.25, 0.3) is 0 Å². The minimum Gasteiger partial charge on any atom is -0.497 e. The van der Waals surface area contributed by atoms with Crippen molar-refractivity contribution in [3.8, 4) is 5.75 Å². The maximum atomic E-state index is 12.1. The zero-order valence-corrected chi connectivity index (χ0v) is 13.3. The number of ether oxygens (including phenoxy) is 1. The Balaban J connectivity index is 1.91. The molecule has 0 atom stereocenters. The SMILES string of the molecule is CCCCc1ccc(CC(=O)Nc2cccc(OC)c2)cc1. The Morgan fingerprint density at radius 2 is 1.82 bits per heavy atom. The first-order valence-electron chi connectivity index (χ1n) is 7.73. The van der Waals surface area contributed by atoms with E-state index in [9.17, 15) is 4.79 Å². The zero-order chi connectivity index (χ0) is 15.8. The smallest absolute Gasteiger partial charge is 0.228 e. The van der Waals surface area contributed by atoms with Gasteiger partial charge in [-0.15, -0.1) is 0 Å². The van der Waals surface area contributed by atoms with Gasteiger partial charge in [0.1, 0.15) is 5.75 Å². The van der Waals surface area contributed by atoms with Crippen molar-refractivity contribution in [2.75, 3.05) is 12.4 Å². The second-order valence-corrected chi connectivity index (χ2v) is 5.38. The van der Waals surface area contributed by atoms with Gasteiger partial charge in [-0.25, -0.2) is 0 Å². The summed E-state index contributed by atoms with van der Waals surface area (Å²) in [7, 11) is 1.61. The molecule has 0 saturated carbocycles. The van der Waals surface area contributed by atoms with Crippen LogP contribution < -0.4 is 10.1 Å². The molecule has 2 rings (SSSR count). The number of hydrogen-bond donors (Lipinski definition) is 1. The molecule has 0 aliphatic rings. The van der Waals surface area contributed by atoms with Crippen molar-refractivity contribution in [2.45, 2.75) is 32.6 Å². The minimum absolute atomic E-state index is 0.0189. The lowest BCUT2D eigenvalue weighted by Gasteiger charge is -2.07. The van der Waals surface area contributed by atoms with E-state index in [1.165, 1.54) is 18.4 Å². The summed E-state index contributed by atoms with van der Waals surface area (Å²) in [5.74, 6) is 0.715. The second kappa shape index (κ2) is 8.23. The number of carbonyl (C=O) groups is 1. The zero-order valence-electron chi connectivity index (χ0n) is 13.3. The molecule has 0 bridgehead atoms. The van der Waals surface area contributed by atoms with Crippen molar-refractivity contribution in [3.63, 3.8) is 0 Å². The molecule has 0 saturated heterocycles. The van der Waals surface area contributed by atoms with E-state index in [1.54, 1.807) is 7.11 Å². The fourth-order valence-corrected chi connectivity index (χ4v) is 2.30. The summed E-state index contributed by atoms with van der Waals surface area (Å²) in [6, 6.07) is 15.7. The molecular formula is C19H23NO2. The Labute approximate surface area is 132 Å². The molecule has 0 radical (unpaired) electrons. The lowest BCUT2D eigenvalue weighted by Crippen LogP contribution is -2.14. The molecule has 0 aliphatic heterocycles. The van der Waals surface area contributed by atoms with Crippen LogP contribution in [0.2, 0.25) is 0 Å². The maximum Gasteiger partial charge on any atom is 0.228 e. The molecule has 116 valence electrons. The summed E-state index contributed by atoms with van der Waals surface area (Å²) >= 11 is 0. The Kier molecular flexibility index (Phi) is 6.01. The van der Waals surface area contributed by atoms with E-state index < -0.39 is 0 Å². The van der Waals surface area contributed by atoms with Gasteiger partial charge in [0.25, 0.3) is 0 Å². The summed E-state index contributed by atoms with van der Waals surface area (Å²) < 4.78 is 5.15. The largest absolute Gasteiger partial charge is 0.497 e. The van der Waals surface area contributed by atoms with Crippen LogP contribution in [0, 0.1) is 0 Å². The van der Waals surface area contributed by atoms with Gasteiger partial charge in [-0.3, -0.25) is 4.79 Å². The van der Waals surface area contributed by atoms with Gasteiger partial charge < -0.3 is 10.1 Å². The Hall–Kier alpha value is -2.29. The van der Waals surface area contributed by atoms with Crippen molar-refractivity contribution in [3.05, 3.63) is 59.7 Å². The fourth-order valence-electron chi connectivity index (χ4n) is 2.30. The van der Waals surface area contributed by atoms with E-state index in [2.05, 4.69) is 24.4 Å². The molecule has 1 N–H and O–H groups in total. The highest BCUT2D eigenvalue weighted by Crippen LogP contribution is 2.17. The molecule has 1 amide bonds. The minimum atomic E-state index is -0.0189. The Morgan fingerprint density at radius 3 is 2.50 bits per heavy atom. The van der Waals surface area contributed by atoms with E-state index in [0.29, 0.717) is 6.42 Å². The number of hydrogen-bond acceptors (Lipinski definition) is 2. The normalized spacial score (nSPS) is 10.3. The topological polar surface area (TPSA) is 38.3 Å². The number of aryl methyl sites for hydroxylation is 1. The number of carbonyl (C=O) groups excluding carboxylic acids is 1. The molecule has 2 aromatic rings. The summed E-state index contributed by atoms with van der Waals surface area (Å²) in [5, 5.41) is 2.90. The third kappa shape index (κ3) is 4.92. The average Bonchev–Trinajstić information content (AvgIpc) is 2.54. The summed E-state index contributed by atoms with van der Waals surface area (Å²) in [4.78, 5) is 12.1. The molecule has 0 aliphatic carbocycles. The first-order valence-corrected chi connectivity index (χ1v) is 7.73. The van der Waals surface area contributed by atoms with Crippen molar-refractivity contribution in [1.82, 2.24) is 0 Å². The summed E-state index contributed by atoms with van der Waals surface area (Å²) in [6.45, 7) is 2.19. The van der Waals surface area contributed by atoms with Crippen molar-refractivity contribution in [2.24, 2.45) is 0 Å². The van der Waals surface area contributed by atoms with Crippen molar-refractivity contribution < 1.29 is 9.53 Å². The van der Waals surface area contributed by atoms with E-state index in [0.717, 1.165) is 23.4 Å². The standard InChI is InChI=1S/C19H23NO2/c1-3-4-6-15-9-11-16(12-10-15)13-19(21)20-17-7-5-8-18(14-17)22-2/h5,7-12,14H,3-4,6,13H2,1-2H3,(H,20,21). The van der Waals surface area contributed by atoms with E-state index in [1.807, 2.05) is 36.4 Å². The quantitative estimate of drug-likeness (QED) is 0.831. The highest BCUT2D eigenvalue weighted by molar-refractivity contribution is 5.92. The van der Waals surface area contributed by atoms with Crippen LogP contribution in [0.1, 0.15) is 30.9 Å². The molecule has 0 spiro atoms. The molecule has 0 heterocycles. The highest BCUT2D eigenvalue weighted by atomic mass is 16.5. The third-order valence-electron chi connectivity index (χ3n) is 3.56. The molecule has 3 heteroatoms. The van der Waals surface area contributed by atoms with Gasteiger partial charge in [-0.1, -0.05) is 43.7 Å². The van der Waals surface area contributed by atoms with Crippen LogP contribution in [0.5, 0.6) is 5.75 Å². The summed E-state index contributed by atoms with van der Waals surface area (Å²) in [6.07, 6.45) is 3.89. The van der Waals surface area contributed by atoms with Gasteiger partial charge in [0.05, 0.1) is 13.5 Å². The van der Waals surface area contributed by atoms with Gasteiger partial charge >= 0.3 is 0 Å². The van der Waals surface area contributed by atoms with Crippen molar-refractivity contribution >= 4 is 11.6 Å². The lowest BCUT2D eigenvalue weighted by atomic mass is 10.0. The number of nitrogens with one attached hydrogen (secondary N) is 1. The number of amides is 1. The van der Waals surface area contributed by atoms with E-state index in [-0.39, 0.29) is 5.91 Å². The maximum absolute atomic E-state index is 12.1. The van der Waals surface area contributed by atoms with Crippen LogP contribution in [-0.2, 0) is 17.6 Å². The molecule has 22 heavy (non-hydrogen) atoms. The molecule has 0 unspecified atom stereocenters. The second-order valence-electron chi connectivity index (χ2n) is 5.38. The molecule has 0 fully saturated rings. The number of methoxy groups -OCH3 is 1. The Morgan fingerprint density at radius 1 is 1.09 bits per heavy atom. The summed E-state index contributed by atoms with van der Waals surface area (Å²) in [5.41, 5.74) is 3.11. The Bertz CT molecular complexity index is 605. The average molecular weight is 297 g/mol. The predicted molar refractivity (Wildman–Crippen MR) is 90.4 cm³/mol. The van der Waals surface area contributed by atoms with Crippen LogP contribution in [0.4, 0.5) is 5.69 Å². The van der Waals surface area contributed by atoms with Gasteiger partial charge in [0, 0.05) is 11.8 Å². The van der Waals surface area contributed by atoms with E-state index >= 15 is 0 Å². The number of anilines is 1.